The van der Waals surface area contributed by atoms with Gasteiger partial charge in [0.15, 0.2) is 0 Å². The monoisotopic (exact) mass is 262 g/mol. The number of carbonyl (C=O) groups excluding carboxylic acids is 1. The summed E-state index contributed by atoms with van der Waals surface area (Å²) in [5.41, 5.74) is 6.34. The number of hydrogen-bond acceptors (Lipinski definition) is 3. The molecule has 1 unspecified atom stereocenters. The molecule has 1 saturated carbocycles. The average Bonchev–Trinajstić information content (AvgIpc) is 2.92. The molecule has 1 aliphatic carbocycles. The highest BCUT2D eigenvalue weighted by Crippen LogP contribution is 2.25. The lowest BCUT2D eigenvalue weighted by molar-refractivity contribution is -0.120. The lowest BCUT2D eigenvalue weighted by Gasteiger charge is -2.16. The molecule has 4 nitrogen and oxygen atoms in total. The van der Waals surface area contributed by atoms with Crippen LogP contribution in [0.1, 0.15) is 44.2 Å². The van der Waals surface area contributed by atoms with E-state index in [9.17, 15) is 4.79 Å². The van der Waals surface area contributed by atoms with Gasteiger partial charge >= 0.3 is 0 Å². The predicted octanol–water partition coefficient (Wildman–Crippen LogP) is 2.14. The second kappa shape index (κ2) is 6.57. The predicted molar refractivity (Wildman–Crippen MR) is 74.9 cm³/mol. The van der Waals surface area contributed by atoms with Crippen molar-refractivity contribution in [2.45, 2.75) is 44.8 Å². The van der Waals surface area contributed by atoms with Crippen molar-refractivity contribution in [1.82, 2.24) is 5.32 Å². The fourth-order valence-electron chi connectivity index (χ4n) is 2.42. The summed E-state index contributed by atoms with van der Waals surface area (Å²) in [6.45, 7) is 1.97. The maximum absolute atomic E-state index is 11.2. The zero-order valence-corrected chi connectivity index (χ0v) is 11.4. The summed E-state index contributed by atoms with van der Waals surface area (Å²) in [7, 11) is 0. The molecular weight excluding hydrogens is 240 g/mol. The van der Waals surface area contributed by atoms with Gasteiger partial charge in [0.25, 0.3) is 0 Å². The van der Waals surface area contributed by atoms with Crippen LogP contribution in [-0.4, -0.2) is 18.6 Å². The summed E-state index contributed by atoms with van der Waals surface area (Å²) in [5, 5.41) is 2.83. The molecule has 0 saturated heterocycles. The minimum atomic E-state index is -0.140. The van der Waals surface area contributed by atoms with E-state index in [4.69, 9.17) is 10.5 Å². The van der Waals surface area contributed by atoms with Crippen molar-refractivity contribution in [1.29, 1.82) is 0 Å². The van der Waals surface area contributed by atoms with Crippen LogP contribution in [-0.2, 0) is 4.79 Å². The van der Waals surface area contributed by atoms with Crippen LogP contribution in [0.5, 0.6) is 5.75 Å². The highest BCUT2D eigenvalue weighted by Gasteiger charge is 2.16. The molecule has 1 atom stereocenters. The largest absolute Gasteiger partial charge is 0.490 e. The van der Waals surface area contributed by atoms with Gasteiger partial charge in [-0.15, -0.1) is 0 Å². The number of rotatable bonds is 5. The first-order valence-corrected chi connectivity index (χ1v) is 6.95. The topological polar surface area (TPSA) is 64.4 Å². The van der Waals surface area contributed by atoms with Gasteiger partial charge in [-0.2, -0.15) is 0 Å². The Hall–Kier alpha value is -1.55. The molecule has 4 heteroatoms. The molecule has 0 aromatic heterocycles. The molecule has 1 aromatic carbocycles. The molecule has 0 spiro atoms. The Morgan fingerprint density at radius 1 is 1.37 bits per heavy atom. The molecule has 0 aliphatic heterocycles. The van der Waals surface area contributed by atoms with Crippen molar-refractivity contribution < 1.29 is 9.53 Å². The number of carbonyl (C=O) groups is 1. The second-order valence-electron chi connectivity index (χ2n) is 5.09. The van der Waals surface area contributed by atoms with Crippen LogP contribution in [0.15, 0.2) is 24.3 Å². The zero-order chi connectivity index (χ0) is 13.7. The maximum atomic E-state index is 11.2. The third-order valence-electron chi connectivity index (χ3n) is 3.55. The number of amides is 1. The van der Waals surface area contributed by atoms with Crippen LogP contribution in [0, 0.1) is 0 Å². The Morgan fingerprint density at radius 2 is 2.00 bits per heavy atom. The molecule has 2 rings (SSSR count). The van der Waals surface area contributed by atoms with E-state index < -0.39 is 0 Å². The van der Waals surface area contributed by atoms with E-state index >= 15 is 0 Å². The fourth-order valence-corrected chi connectivity index (χ4v) is 2.42. The molecule has 1 amide bonds. The summed E-state index contributed by atoms with van der Waals surface area (Å²) in [6.07, 6.45) is 5.23. The molecule has 1 aromatic rings. The van der Waals surface area contributed by atoms with Crippen LogP contribution >= 0.6 is 0 Å². The highest BCUT2D eigenvalue weighted by atomic mass is 16.5. The maximum Gasteiger partial charge on any atom is 0.234 e. The summed E-state index contributed by atoms with van der Waals surface area (Å²) in [4.78, 5) is 11.2. The van der Waals surface area contributed by atoms with Gasteiger partial charge in [-0.25, -0.2) is 0 Å². The van der Waals surface area contributed by atoms with E-state index in [-0.39, 0.29) is 18.5 Å². The minimum absolute atomic E-state index is 0.0210. The smallest absolute Gasteiger partial charge is 0.234 e. The first kappa shape index (κ1) is 13.9. The van der Waals surface area contributed by atoms with Crippen molar-refractivity contribution in [3.8, 4) is 5.75 Å². The molecule has 3 N–H and O–H groups in total. The Bertz CT molecular complexity index is 411. The Kier molecular flexibility index (Phi) is 4.80. The first-order valence-electron chi connectivity index (χ1n) is 6.95. The summed E-state index contributed by atoms with van der Waals surface area (Å²) >= 11 is 0. The van der Waals surface area contributed by atoms with E-state index in [2.05, 4.69) is 5.32 Å². The number of nitrogens with one attached hydrogen (secondary N) is 1. The van der Waals surface area contributed by atoms with Crippen molar-refractivity contribution >= 4 is 5.91 Å². The van der Waals surface area contributed by atoms with E-state index in [0.29, 0.717) is 6.10 Å². The number of benzene rings is 1. The zero-order valence-electron chi connectivity index (χ0n) is 11.4. The van der Waals surface area contributed by atoms with E-state index in [1.54, 1.807) is 0 Å². The lowest BCUT2D eigenvalue weighted by Crippen LogP contribution is -2.32. The van der Waals surface area contributed by atoms with Crippen LogP contribution in [0.25, 0.3) is 0 Å². The van der Waals surface area contributed by atoms with Crippen LogP contribution in [0.2, 0.25) is 0 Å². The van der Waals surface area contributed by atoms with E-state index in [0.717, 1.165) is 24.2 Å². The van der Waals surface area contributed by atoms with Crippen molar-refractivity contribution in [2.24, 2.45) is 5.73 Å². The number of nitrogens with two attached hydrogens (primary N) is 1. The standard InChI is InChI=1S/C15H22N2O2/c1-11(17-15(18)10-16)12-6-8-14(9-7-12)19-13-4-2-3-5-13/h6-9,11,13H,2-5,10,16H2,1H3,(H,17,18). The van der Waals surface area contributed by atoms with Crippen molar-refractivity contribution in [3.63, 3.8) is 0 Å². The molecular formula is C15H22N2O2. The SMILES string of the molecule is CC(NC(=O)CN)c1ccc(OC2CCCC2)cc1. The number of ether oxygens (including phenoxy) is 1. The van der Waals surface area contributed by atoms with E-state index in [1.807, 2.05) is 31.2 Å². The third kappa shape index (κ3) is 3.96. The normalized spacial score (nSPS) is 17.2. The number of hydrogen-bond donors (Lipinski definition) is 2. The van der Waals surface area contributed by atoms with Gasteiger partial charge in [-0.1, -0.05) is 12.1 Å². The van der Waals surface area contributed by atoms with Crippen molar-refractivity contribution in [3.05, 3.63) is 29.8 Å². The van der Waals surface area contributed by atoms with Gasteiger partial charge in [0.1, 0.15) is 5.75 Å². The first-order chi connectivity index (χ1) is 9.19. The van der Waals surface area contributed by atoms with Gasteiger partial charge in [0.2, 0.25) is 5.91 Å². The molecule has 0 radical (unpaired) electrons. The van der Waals surface area contributed by atoms with Crippen molar-refractivity contribution in [2.75, 3.05) is 6.54 Å². The van der Waals surface area contributed by atoms with Crippen LogP contribution in [0.4, 0.5) is 0 Å². The van der Waals surface area contributed by atoms with Crippen LogP contribution in [0.3, 0.4) is 0 Å². The molecule has 1 aliphatic rings. The highest BCUT2D eigenvalue weighted by molar-refractivity contribution is 5.78. The van der Waals surface area contributed by atoms with Gasteiger partial charge in [-0.3, -0.25) is 4.79 Å². The fraction of sp³-hybridized carbons (Fsp3) is 0.533. The Morgan fingerprint density at radius 3 is 2.58 bits per heavy atom. The molecule has 0 bridgehead atoms. The van der Waals surface area contributed by atoms with E-state index in [1.165, 1.54) is 12.8 Å². The molecule has 0 heterocycles. The third-order valence-corrected chi connectivity index (χ3v) is 3.55. The summed E-state index contributed by atoms with van der Waals surface area (Å²) in [6, 6.07) is 7.89. The summed E-state index contributed by atoms with van der Waals surface area (Å²) < 4.78 is 5.90. The Balaban J connectivity index is 1.91. The molecule has 19 heavy (non-hydrogen) atoms. The molecule has 1 fully saturated rings. The van der Waals surface area contributed by atoms with Crippen LogP contribution < -0.4 is 15.8 Å². The van der Waals surface area contributed by atoms with Gasteiger partial charge in [0, 0.05) is 0 Å². The van der Waals surface area contributed by atoms with Gasteiger partial charge in [0.05, 0.1) is 18.7 Å². The quantitative estimate of drug-likeness (QED) is 0.854. The average molecular weight is 262 g/mol. The molecule has 104 valence electrons. The second-order valence-corrected chi connectivity index (χ2v) is 5.09. The minimum Gasteiger partial charge on any atom is -0.490 e. The summed E-state index contributed by atoms with van der Waals surface area (Å²) in [5.74, 6) is 0.770. The Labute approximate surface area is 114 Å². The lowest BCUT2D eigenvalue weighted by atomic mass is 10.1. The van der Waals surface area contributed by atoms with Gasteiger partial charge in [-0.05, 0) is 50.3 Å². The van der Waals surface area contributed by atoms with Gasteiger partial charge < -0.3 is 15.8 Å².